The average Bonchev–Trinajstić information content (AvgIpc) is 3.02. The van der Waals surface area contributed by atoms with Crippen LogP contribution in [0, 0.1) is 0 Å². The van der Waals surface area contributed by atoms with Gasteiger partial charge in [-0.05, 0) is 37.6 Å². The molecule has 0 saturated heterocycles. The fraction of sp³-hybridized carbons (Fsp3) is 0.263. The van der Waals surface area contributed by atoms with Gasteiger partial charge in [-0.1, -0.05) is 30.3 Å². The lowest BCUT2D eigenvalue weighted by Gasteiger charge is -2.18. The normalized spacial score (nSPS) is 10.9. The van der Waals surface area contributed by atoms with Crippen LogP contribution < -0.4 is 0 Å². The zero-order chi connectivity index (χ0) is 16.2. The van der Waals surface area contributed by atoms with Crippen LogP contribution in [0.15, 0.2) is 54.7 Å². The van der Waals surface area contributed by atoms with Crippen LogP contribution in [0.25, 0.3) is 16.6 Å². The van der Waals surface area contributed by atoms with E-state index in [9.17, 15) is 4.79 Å². The smallest absolute Gasteiger partial charge is 0.226 e. The number of hydrogen-bond donors (Lipinski definition) is 0. The second-order valence-electron chi connectivity index (χ2n) is 5.48. The van der Waals surface area contributed by atoms with Gasteiger partial charge < -0.3 is 4.90 Å². The van der Waals surface area contributed by atoms with Crippen LogP contribution in [0.1, 0.15) is 19.4 Å². The summed E-state index contributed by atoms with van der Waals surface area (Å²) >= 11 is 0. The Morgan fingerprint density at radius 3 is 2.48 bits per heavy atom. The van der Waals surface area contributed by atoms with Crippen molar-refractivity contribution in [1.82, 2.24) is 14.7 Å². The Kier molecular flexibility index (Phi) is 4.42. The van der Waals surface area contributed by atoms with Gasteiger partial charge in [-0.15, -0.1) is 0 Å². The van der Waals surface area contributed by atoms with Gasteiger partial charge in [-0.2, -0.15) is 5.10 Å². The third-order valence-corrected chi connectivity index (χ3v) is 4.16. The molecule has 0 fully saturated rings. The quantitative estimate of drug-likeness (QED) is 0.724. The van der Waals surface area contributed by atoms with E-state index in [1.54, 1.807) is 0 Å². The van der Waals surface area contributed by atoms with E-state index < -0.39 is 0 Å². The minimum atomic E-state index is 0.162. The molecule has 3 aromatic rings. The first-order valence-electron chi connectivity index (χ1n) is 8.03. The van der Waals surface area contributed by atoms with Gasteiger partial charge in [0.1, 0.15) is 0 Å². The van der Waals surface area contributed by atoms with E-state index in [4.69, 9.17) is 0 Å². The summed E-state index contributed by atoms with van der Waals surface area (Å²) in [6.07, 6.45) is 2.27. The molecule has 0 bridgehead atoms. The lowest BCUT2D eigenvalue weighted by molar-refractivity contribution is -0.130. The summed E-state index contributed by atoms with van der Waals surface area (Å²) in [5, 5.41) is 5.55. The van der Waals surface area contributed by atoms with Gasteiger partial charge in [0, 0.05) is 18.5 Å². The monoisotopic (exact) mass is 307 g/mol. The van der Waals surface area contributed by atoms with Gasteiger partial charge in [0.25, 0.3) is 0 Å². The highest BCUT2D eigenvalue weighted by atomic mass is 16.2. The van der Waals surface area contributed by atoms with Gasteiger partial charge in [0.05, 0.1) is 23.8 Å². The summed E-state index contributed by atoms with van der Waals surface area (Å²) in [5.41, 5.74) is 3.08. The third-order valence-electron chi connectivity index (χ3n) is 4.16. The predicted molar refractivity (Wildman–Crippen MR) is 92.7 cm³/mol. The molecule has 3 rings (SSSR count). The number of rotatable bonds is 5. The van der Waals surface area contributed by atoms with Crippen LogP contribution in [0.4, 0.5) is 0 Å². The molecule has 4 nitrogen and oxygen atoms in total. The van der Waals surface area contributed by atoms with Crippen LogP contribution in [0.3, 0.4) is 0 Å². The second kappa shape index (κ2) is 6.65. The Balaban J connectivity index is 1.98. The first kappa shape index (κ1) is 15.3. The highest BCUT2D eigenvalue weighted by Gasteiger charge is 2.14. The van der Waals surface area contributed by atoms with Crippen molar-refractivity contribution in [2.24, 2.45) is 0 Å². The Morgan fingerprint density at radius 1 is 1.04 bits per heavy atom. The van der Waals surface area contributed by atoms with Gasteiger partial charge in [0.2, 0.25) is 5.91 Å². The predicted octanol–water partition coefficient (Wildman–Crippen LogP) is 3.44. The van der Waals surface area contributed by atoms with E-state index in [0.717, 1.165) is 35.2 Å². The molecule has 118 valence electrons. The molecule has 0 radical (unpaired) electrons. The number of aromatic nitrogens is 2. The summed E-state index contributed by atoms with van der Waals surface area (Å²) in [7, 11) is 0. The summed E-state index contributed by atoms with van der Waals surface area (Å²) in [5.74, 6) is 0.162. The molecule has 1 amide bonds. The van der Waals surface area contributed by atoms with Crippen molar-refractivity contribution in [3.63, 3.8) is 0 Å². The Hall–Kier alpha value is -2.62. The molecule has 2 aromatic carbocycles. The fourth-order valence-corrected chi connectivity index (χ4v) is 2.89. The largest absolute Gasteiger partial charge is 0.343 e. The minimum Gasteiger partial charge on any atom is -0.343 e. The van der Waals surface area contributed by atoms with Gasteiger partial charge in [0.15, 0.2) is 0 Å². The molecule has 0 spiro atoms. The molecular weight excluding hydrogens is 286 g/mol. The van der Waals surface area contributed by atoms with Crippen molar-refractivity contribution in [1.29, 1.82) is 0 Å². The van der Waals surface area contributed by atoms with E-state index in [0.29, 0.717) is 6.42 Å². The highest BCUT2D eigenvalue weighted by Crippen LogP contribution is 2.22. The third kappa shape index (κ3) is 2.97. The van der Waals surface area contributed by atoms with Crippen molar-refractivity contribution in [2.75, 3.05) is 13.1 Å². The number of hydrogen-bond acceptors (Lipinski definition) is 2. The number of carbonyl (C=O) groups excluding carboxylic acids is 1. The van der Waals surface area contributed by atoms with Crippen molar-refractivity contribution in [3.05, 3.63) is 60.3 Å². The molecule has 0 aliphatic heterocycles. The van der Waals surface area contributed by atoms with E-state index in [1.165, 1.54) is 0 Å². The number of carbonyl (C=O) groups is 1. The number of amides is 1. The average molecular weight is 307 g/mol. The van der Waals surface area contributed by atoms with Crippen molar-refractivity contribution >= 4 is 16.8 Å². The maximum atomic E-state index is 12.4. The molecule has 0 saturated carbocycles. The highest BCUT2D eigenvalue weighted by molar-refractivity contribution is 5.89. The van der Waals surface area contributed by atoms with Crippen LogP contribution >= 0.6 is 0 Å². The maximum absolute atomic E-state index is 12.4. The standard InChI is InChI=1S/C19H21N3O/c1-3-21(4-2)19(23)13-15-9-8-12-18-17(15)14-20-22(18)16-10-6-5-7-11-16/h5-12,14H,3-4,13H2,1-2H3. The van der Waals surface area contributed by atoms with E-state index >= 15 is 0 Å². The maximum Gasteiger partial charge on any atom is 0.226 e. The summed E-state index contributed by atoms with van der Waals surface area (Å²) < 4.78 is 1.92. The van der Waals surface area contributed by atoms with Gasteiger partial charge in [-0.25, -0.2) is 4.68 Å². The number of para-hydroxylation sites is 1. The lowest BCUT2D eigenvalue weighted by atomic mass is 10.1. The molecule has 0 atom stereocenters. The van der Waals surface area contributed by atoms with Crippen LogP contribution in [-0.4, -0.2) is 33.7 Å². The Labute approximate surface area is 136 Å². The second-order valence-corrected chi connectivity index (χ2v) is 5.48. The SMILES string of the molecule is CCN(CC)C(=O)Cc1cccc2c1cnn2-c1ccccc1. The topological polar surface area (TPSA) is 38.1 Å². The molecule has 4 heteroatoms. The Bertz CT molecular complexity index is 804. The molecule has 0 aliphatic rings. The van der Waals surface area contributed by atoms with Crippen LogP contribution in [0.5, 0.6) is 0 Å². The number of benzene rings is 2. The van der Waals surface area contributed by atoms with Gasteiger partial charge in [-0.3, -0.25) is 4.79 Å². The molecule has 1 heterocycles. The Morgan fingerprint density at radius 2 is 1.78 bits per heavy atom. The minimum absolute atomic E-state index is 0.162. The summed E-state index contributed by atoms with van der Waals surface area (Å²) in [6, 6.07) is 16.1. The van der Waals surface area contributed by atoms with E-state index in [2.05, 4.69) is 5.10 Å². The molecule has 0 aliphatic carbocycles. The van der Waals surface area contributed by atoms with Crippen molar-refractivity contribution in [2.45, 2.75) is 20.3 Å². The van der Waals surface area contributed by atoms with Crippen LogP contribution in [-0.2, 0) is 11.2 Å². The van der Waals surface area contributed by atoms with E-state index in [-0.39, 0.29) is 5.91 Å². The molecule has 1 aromatic heterocycles. The first-order chi connectivity index (χ1) is 11.2. The number of nitrogens with zero attached hydrogens (tertiary/aromatic N) is 3. The lowest BCUT2D eigenvalue weighted by Crippen LogP contribution is -2.31. The first-order valence-corrected chi connectivity index (χ1v) is 8.03. The summed E-state index contributed by atoms with van der Waals surface area (Å²) in [4.78, 5) is 14.3. The molecule has 23 heavy (non-hydrogen) atoms. The molecule has 0 unspecified atom stereocenters. The van der Waals surface area contributed by atoms with Gasteiger partial charge >= 0.3 is 0 Å². The van der Waals surface area contributed by atoms with E-state index in [1.807, 2.05) is 78.2 Å². The van der Waals surface area contributed by atoms with Crippen molar-refractivity contribution < 1.29 is 4.79 Å². The van der Waals surface area contributed by atoms with Crippen LogP contribution in [0.2, 0.25) is 0 Å². The zero-order valence-electron chi connectivity index (χ0n) is 13.6. The zero-order valence-corrected chi connectivity index (χ0v) is 13.6. The summed E-state index contributed by atoms with van der Waals surface area (Å²) in [6.45, 7) is 5.51. The fourth-order valence-electron chi connectivity index (χ4n) is 2.89. The number of likely N-dealkylation sites (N-methyl/N-ethyl adjacent to an activating group) is 1. The molecule has 0 N–H and O–H groups in total. The molecular formula is C19H21N3O. The van der Waals surface area contributed by atoms with Crippen molar-refractivity contribution in [3.8, 4) is 5.69 Å². The number of fused-ring (bicyclic) bond motifs is 1.